The number of amides is 2. The molecule has 1 heterocycles. The lowest BCUT2D eigenvalue weighted by Gasteiger charge is -2.23. The third kappa shape index (κ3) is 3.85. The van der Waals surface area contributed by atoms with Crippen molar-refractivity contribution >= 4 is 6.03 Å². The molecule has 1 aromatic rings. The smallest absolute Gasteiger partial charge is 0.317 e. The van der Waals surface area contributed by atoms with Gasteiger partial charge in [-0.2, -0.15) is 0 Å². The number of nitrogens with one attached hydrogen (secondary N) is 1. The van der Waals surface area contributed by atoms with Gasteiger partial charge in [0.25, 0.3) is 0 Å². The van der Waals surface area contributed by atoms with Crippen molar-refractivity contribution in [2.75, 3.05) is 26.8 Å². The van der Waals surface area contributed by atoms with Crippen molar-refractivity contribution in [3.63, 3.8) is 0 Å². The Bertz CT molecular complexity index is 496. The van der Waals surface area contributed by atoms with Gasteiger partial charge in [-0.3, -0.25) is 0 Å². The van der Waals surface area contributed by atoms with Gasteiger partial charge in [0.05, 0.1) is 19.8 Å². The molecule has 0 aromatic heterocycles. The van der Waals surface area contributed by atoms with Gasteiger partial charge in [0, 0.05) is 13.1 Å². The Morgan fingerprint density at radius 1 is 1.57 bits per heavy atom. The maximum atomic E-state index is 13.3. The average molecular weight is 296 g/mol. The Hall–Kier alpha value is -1.82. The van der Waals surface area contributed by atoms with Crippen molar-refractivity contribution in [2.24, 2.45) is 0 Å². The number of hydrogen-bond acceptors (Lipinski definition) is 3. The molecule has 1 atom stereocenters. The van der Waals surface area contributed by atoms with Crippen LogP contribution in [-0.4, -0.2) is 48.9 Å². The molecule has 0 radical (unpaired) electrons. The molecule has 5 nitrogen and oxygen atoms in total. The van der Waals surface area contributed by atoms with E-state index in [4.69, 9.17) is 4.74 Å². The number of benzene rings is 1. The number of urea groups is 1. The highest BCUT2D eigenvalue weighted by atomic mass is 19.1. The summed E-state index contributed by atoms with van der Waals surface area (Å²) in [6.45, 7) is 1.15. The first-order chi connectivity index (χ1) is 10.2. The Balaban J connectivity index is 1.82. The monoisotopic (exact) mass is 296 g/mol. The van der Waals surface area contributed by atoms with Gasteiger partial charge in [0.1, 0.15) is 0 Å². The molecule has 0 unspecified atom stereocenters. The molecule has 0 aliphatic carbocycles. The summed E-state index contributed by atoms with van der Waals surface area (Å²) in [4.78, 5) is 13.7. The lowest BCUT2D eigenvalue weighted by atomic mass is 10.1. The Morgan fingerprint density at radius 3 is 3.10 bits per heavy atom. The van der Waals surface area contributed by atoms with Crippen LogP contribution >= 0.6 is 0 Å². The highest BCUT2D eigenvalue weighted by molar-refractivity contribution is 5.74. The molecule has 0 spiro atoms. The Morgan fingerprint density at radius 2 is 2.38 bits per heavy atom. The number of ether oxygens (including phenoxy) is 1. The van der Waals surface area contributed by atoms with E-state index in [0.29, 0.717) is 19.5 Å². The molecule has 2 amide bonds. The molecule has 116 valence electrons. The molecule has 1 aliphatic heterocycles. The largest absolute Gasteiger partial charge is 0.494 e. The zero-order valence-corrected chi connectivity index (χ0v) is 12.1. The average Bonchev–Trinajstić information content (AvgIpc) is 2.97. The summed E-state index contributed by atoms with van der Waals surface area (Å²) in [5, 5.41) is 12.0. The summed E-state index contributed by atoms with van der Waals surface area (Å²) in [5.74, 6) is -0.188. The van der Waals surface area contributed by atoms with Crippen molar-refractivity contribution in [1.82, 2.24) is 10.2 Å². The van der Waals surface area contributed by atoms with Crippen molar-refractivity contribution in [1.29, 1.82) is 0 Å². The van der Waals surface area contributed by atoms with Crippen molar-refractivity contribution in [2.45, 2.75) is 25.3 Å². The zero-order valence-electron chi connectivity index (χ0n) is 12.1. The molecule has 2 rings (SSSR count). The zero-order chi connectivity index (χ0) is 15.2. The van der Waals surface area contributed by atoms with Crippen LogP contribution in [0.4, 0.5) is 9.18 Å². The summed E-state index contributed by atoms with van der Waals surface area (Å²) in [6, 6.07) is 4.44. The summed E-state index contributed by atoms with van der Waals surface area (Å²) in [7, 11) is 1.42. The minimum absolute atomic E-state index is 0.00256. The second kappa shape index (κ2) is 7.26. The van der Waals surface area contributed by atoms with Gasteiger partial charge < -0.3 is 20.1 Å². The molecule has 0 saturated carbocycles. The second-order valence-corrected chi connectivity index (χ2v) is 5.12. The predicted molar refractivity (Wildman–Crippen MR) is 76.9 cm³/mol. The summed E-state index contributed by atoms with van der Waals surface area (Å²) >= 11 is 0. The first-order valence-electron chi connectivity index (χ1n) is 7.13. The fourth-order valence-corrected chi connectivity index (χ4v) is 2.57. The van der Waals surface area contributed by atoms with Crippen molar-refractivity contribution < 1.29 is 19.0 Å². The summed E-state index contributed by atoms with van der Waals surface area (Å²) in [6.07, 6.45) is 2.37. The number of aliphatic hydroxyl groups excluding tert-OH is 1. The normalized spacial score (nSPS) is 17.9. The van der Waals surface area contributed by atoms with E-state index < -0.39 is 5.82 Å². The number of aliphatic hydroxyl groups is 1. The van der Waals surface area contributed by atoms with E-state index in [9.17, 15) is 14.3 Å². The quantitative estimate of drug-likeness (QED) is 0.866. The lowest BCUT2D eigenvalue weighted by molar-refractivity contribution is 0.157. The minimum atomic E-state index is -0.395. The standard InChI is InChI=1S/C15H21FN2O3/c1-21-14-9-11(4-5-13(14)16)6-7-17-15(20)18-8-2-3-12(18)10-19/h4-5,9,12,19H,2-3,6-8,10H2,1H3,(H,17,20)/t12-/m1/s1. The van der Waals surface area contributed by atoms with E-state index in [1.165, 1.54) is 13.2 Å². The molecular formula is C15H21FN2O3. The van der Waals surface area contributed by atoms with Crippen LogP contribution in [0, 0.1) is 5.82 Å². The molecule has 1 fully saturated rings. The number of halogens is 1. The molecule has 6 heteroatoms. The van der Waals surface area contributed by atoms with Crippen LogP contribution < -0.4 is 10.1 Å². The molecule has 1 aliphatic rings. The van der Waals surface area contributed by atoms with Crippen LogP contribution in [0.1, 0.15) is 18.4 Å². The van der Waals surface area contributed by atoms with Crippen LogP contribution in [0.25, 0.3) is 0 Å². The van der Waals surface area contributed by atoms with Crippen molar-refractivity contribution in [3.05, 3.63) is 29.6 Å². The van der Waals surface area contributed by atoms with Gasteiger partial charge in [0.2, 0.25) is 0 Å². The van der Waals surface area contributed by atoms with Gasteiger partial charge in [-0.1, -0.05) is 6.07 Å². The van der Waals surface area contributed by atoms with Gasteiger partial charge in [-0.15, -0.1) is 0 Å². The minimum Gasteiger partial charge on any atom is -0.494 e. The van der Waals surface area contributed by atoms with E-state index in [-0.39, 0.29) is 24.4 Å². The molecule has 0 bridgehead atoms. The number of nitrogens with zero attached hydrogens (tertiary/aromatic N) is 1. The van der Waals surface area contributed by atoms with Gasteiger partial charge in [-0.05, 0) is 37.0 Å². The fraction of sp³-hybridized carbons (Fsp3) is 0.533. The molecule has 1 saturated heterocycles. The van der Waals surface area contributed by atoms with Crippen LogP contribution in [0.5, 0.6) is 5.75 Å². The first-order valence-corrected chi connectivity index (χ1v) is 7.13. The Labute approximate surface area is 123 Å². The van der Waals surface area contributed by atoms with Gasteiger partial charge >= 0.3 is 6.03 Å². The van der Waals surface area contributed by atoms with E-state index in [2.05, 4.69) is 5.32 Å². The SMILES string of the molecule is COc1cc(CCNC(=O)N2CCC[C@@H]2CO)ccc1F. The number of rotatable bonds is 5. The lowest BCUT2D eigenvalue weighted by Crippen LogP contribution is -2.44. The van der Waals surface area contributed by atoms with Gasteiger partial charge in [0.15, 0.2) is 11.6 Å². The van der Waals surface area contributed by atoms with E-state index in [0.717, 1.165) is 18.4 Å². The predicted octanol–water partition coefficient (Wildman–Crippen LogP) is 1.54. The number of likely N-dealkylation sites (tertiary alicyclic amines) is 1. The van der Waals surface area contributed by atoms with Gasteiger partial charge in [-0.25, -0.2) is 9.18 Å². The molecular weight excluding hydrogens is 275 g/mol. The number of methoxy groups -OCH3 is 1. The highest BCUT2D eigenvalue weighted by Gasteiger charge is 2.27. The number of hydrogen-bond donors (Lipinski definition) is 2. The first kappa shape index (κ1) is 15.6. The van der Waals surface area contributed by atoms with Crippen molar-refractivity contribution in [3.8, 4) is 5.75 Å². The van der Waals surface area contributed by atoms with Crippen LogP contribution in [-0.2, 0) is 6.42 Å². The molecule has 1 aromatic carbocycles. The number of carbonyl (C=O) groups excluding carboxylic acids is 1. The third-order valence-corrected chi connectivity index (χ3v) is 3.75. The van der Waals surface area contributed by atoms with Crippen LogP contribution in [0.3, 0.4) is 0 Å². The van der Waals surface area contributed by atoms with E-state index in [1.807, 2.05) is 0 Å². The summed E-state index contributed by atoms with van der Waals surface area (Å²) < 4.78 is 18.2. The second-order valence-electron chi connectivity index (χ2n) is 5.12. The molecule has 21 heavy (non-hydrogen) atoms. The summed E-state index contributed by atoms with van der Waals surface area (Å²) in [5.41, 5.74) is 0.897. The maximum Gasteiger partial charge on any atom is 0.317 e. The highest BCUT2D eigenvalue weighted by Crippen LogP contribution is 2.19. The van der Waals surface area contributed by atoms with Crippen LogP contribution in [0.2, 0.25) is 0 Å². The topological polar surface area (TPSA) is 61.8 Å². The van der Waals surface area contributed by atoms with E-state index in [1.54, 1.807) is 17.0 Å². The van der Waals surface area contributed by atoms with Crippen LogP contribution in [0.15, 0.2) is 18.2 Å². The van der Waals surface area contributed by atoms with E-state index >= 15 is 0 Å². The molecule has 2 N–H and O–H groups in total. The fourth-order valence-electron chi connectivity index (χ4n) is 2.57. The Kier molecular flexibility index (Phi) is 5.38. The number of carbonyl (C=O) groups is 1. The maximum absolute atomic E-state index is 13.3. The third-order valence-electron chi connectivity index (χ3n) is 3.75.